The maximum atomic E-state index is 11.0. The summed E-state index contributed by atoms with van der Waals surface area (Å²) in [5.74, 6) is 0.188. The van der Waals surface area contributed by atoms with E-state index in [1.165, 1.54) is 0 Å². The molecule has 2 aliphatic carbocycles. The van der Waals surface area contributed by atoms with E-state index < -0.39 is 11.8 Å². The van der Waals surface area contributed by atoms with Crippen LogP contribution in [0.3, 0.4) is 0 Å². The van der Waals surface area contributed by atoms with Gasteiger partial charge in [-0.15, -0.1) is 0 Å². The Morgan fingerprint density at radius 1 is 1.25 bits per heavy atom. The van der Waals surface area contributed by atoms with Crippen LogP contribution in [0.2, 0.25) is 6.82 Å². The average Bonchev–Trinajstić information content (AvgIpc) is 3.43. The molecule has 195 valence electrons. The first-order valence-electron chi connectivity index (χ1n) is 13.2. The first-order chi connectivity index (χ1) is 17.2. The number of nitrogens with zero attached hydrogens (tertiary/aromatic N) is 5. The molecule has 3 heterocycles. The van der Waals surface area contributed by atoms with Gasteiger partial charge in [0.15, 0.2) is 11.4 Å². The van der Waals surface area contributed by atoms with E-state index >= 15 is 0 Å². The summed E-state index contributed by atoms with van der Waals surface area (Å²) in [4.78, 5) is 27.1. The van der Waals surface area contributed by atoms with Gasteiger partial charge in [0.25, 0.3) is 0 Å². The molecule has 0 spiro atoms. The Labute approximate surface area is 213 Å². The molecule has 2 aromatic heterocycles. The Bertz CT molecular complexity index is 1090. The summed E-state index contributed by atoms with van der Waals surface area (Å²) in [5.41, 5.74) is 1.55. The highest BCUT2D eigenvalue weighted by molar-refractivity contribution is 6.38. The molecule has 36 heavy (non-hydrogen) atoms. The van der Waals surface area contributed by atoms with Crippen LogP contribution in [0.15, 0.2) is 12.7 Å². The molecule has 1 radical (unpaired) electrons. The van der Waals surface area contributed by atoms with Crippen molar-refractivity contribution in [1.29, 1.82) is 0 Å². The molecule has 4 atom stereocenters. The minimum atomic E-state index is -0.698. The highest BCUT2D eigenvalue weighted by atomic mass is 16.8. The van der Waals surface area contributed by atoms with Crippen LogP contribution >= 0.6 is 0 Å². The van der Waals surface area contributed by atoms with Gasteiger partial charge in [0.1, 0.15) is 23.8 Å². The molecule has 1 saturated heterocycles. The van der Waals surface area contributed by atoms with Gasteiger partial charge < -0.3 is 24.4 Å². The van der Waals surface area contributed by atoms with Crippen molar-refractivity contribution in [3.05, 3.63) is 12.7 Å². The SMILES string of the molecule is C[B]Nc1ncnc2c1ncn2[C@@H]1C[C@H](CN(C(C)C)C2CC(CCC(=O)O)C2)[C@H]2OC(C)(C)O[C@H]21. The van der Waals surface area contributed by atoms with Gasteiger partial charge in [0.2, 0.25) is 7.41 Å². The number of hydrogen-bond acceptors (Lipinski definition) is 8. The first-order valence-corrected chi connectivity index (χ1v) is 13.2. The van der Waals surface area contributed by atoms with Crippen LogP contribution in [-0.2, 0) is 14.3 Å². The Kier molecular flexibility index (Phi) is 6.99. The number of aromatic nitrogens is 4. The number of fused-ring (bicyclic) bond motifs is 2. The molecule has 2 N–H and O–H groups in total. The molecule has 0 unspecified atom stereocenters. The normalized spacial score (nSPS) is 31.1. The van der Waals surface area contributed by atoms with Gasteiger partial charge in [-0.2, -0.15) is 0 Å². The molecular weight excluding hydrogens is 459 g/mol. The molecule has 0 aromatic carbocycles. The van der Waals surface area contributed by atoms with Crippen molar-refractivity contribution in [2.24, 2.45) is 11.8 Å². The lowest BCUT2D eigenvalue weighted by Gasteiger charge is -2.46. The maximum Gasteiger partial charge on any atom is 0.303 e. The van der Waals surface area contributed by atoms with Gasteiger partial charge in [0.05, 0.1) is 18.5 Å². The Balaban J connectivity index is 1.35. The van der Waals surface area contributed by atoms with Gasteiger partial charge in [-0.3, -0.25) is 9.69 Å². The van der Waals surface area contributed by atoms with Crippen LogP contribution in [0.1, 0.15) is 65.8 Å². The Morgan fingerprint density at radius 3 is 2.69 bits per heavy atom. The van der Waals surface area contributed by atoms with Crippen LogP contribution in [-0.4, -0.2) is 79.5 Å². The smallest absolute Gasteiger partial charge is 0.303 e. The highest BCUT2D eigenvalue weighted by Crippen LogP contribution is 2.48. The van der Waals surface area contributed by atoms with Crippen molar-refractivity contribution < 1.29 is 19.4 Å². The summed E-state index contributed by atoms with van der Waals surface area (Å²) in [5, 5.41) is 12.2. The van der Waals surface area contributed by atoms with E-state index in [1.54, 1.807) is 6.33 Å². The number of nitrogens with one attached hydrogen (secondary N) is 1. The van der Waals surface area contributed by atoms with Gasteiger partial charge in [-0.05, 0) is 59.3 Å². The average molecular weight is 497 g/mol. The fourth-order valence-corrected chi connectivity index (χ4v) is 6.43. The van der Waals surface area contributed by atoms with E-state index in [2.05, 4.69) is 43.5 Å². The third-order valence-corrected chi connectivity index (χ3v) is 8.10. The molecule has 0 bridgehead atoms. The molecule has 5 rings (SSSR count). The number of carboxylic acid groups (broad SMARTS) is 1. The Hall–Kier alpha value is -2.24. The van der Waals surface area contributed by atoms with Crippen LogP contribution in [0.4, 0.5) is 5.82 Å². The molecule has 2 aromatic rings. The molecule has 2 saturated carbocycles. The second-order valence-corrected chi connectivity index (χ2v) is 11.3. The largest absolute Gasteiger partial charge is 0.481 e. The third-order valence-electron chi connectivity index (χ3n) is 8.10. The second kappa shape index (κ2) is 9.91. The van der Waals surface area contributed by atoms with E-state index in [0.29, 0.717) is 29.7 Å². The van der Waals surface area contributed by atoms with E-state index in [-0.39, 0.29) is 24.7 Å². The number of carbonyl (C=O) groups is 1. The number of aliphatic carboxylic acids is 1. The van der Waals surface area contributed by atoms with Crippen LogP contribution in [0, 0.1) is 11.8 Å². The zero-order chi connectivity index (χ0) is 25.6. The Morgan fingerprint density at radius 2 is 2.00 bits per heavy atom. The minimum absolute atomic E-state index is 0.00464. The van der Waals surface area contributed by atoms with Crippen LogP contribution in [0.5, 0.6) is 0 Å². The molecule has 0 amide bonds. The molecule has 1 aliphatic heterocycles. The van der Waals surface area contributed by atoms with Crippen molar-refractivity contribution in [2.45, 2.75) is 103 Å². The summed E-state index contributed by atoms with van der Waals surface area (Å²) < 4.78 is 15.1. The number of carboxylic acids is 1. The van der Waals surface area contributed by atoms with Gasteiger partial charge in [-0.1, -0.05) is 6.82 Å². The number of anilines is 1. The lowest BCUT2D eigenvalue weighted by atomic mass is 9.76. The molecule has 10 nitrogen and oxygen atoms in total. The number of imidazole rings is 1. The van der Waals surface area contributed by atoms with Crippen molar-refractivity contribution in [2.75, 3.05) is 11.8 Å². The van der Waals surface area contributed by atoms with Crippen LogP contribution in [0.25, 0.3) is 11.2 Å². The summed E-state index contributed by atoms with van der Waals surface area (Å²) in [6.07, 6.45) is 7.46. The van der Waals surface area contributed by atoms with E-state index in [1.807, 2.05) is 34.4 Å². The monoisotopic (exact) mass is 497 g/mol. The quantitative estimate of drug-likeness (QED) is 0.477. The number of rotatable bonds is 10. The molecule has 3 fully saturated rings. The standard InChI is InChI=1S/C25H38BN6O4/c1-14(2)31(17-8-15(9-17)6-7-19(33)34)11-16-10-18(22-21(16)35-25(3,4)36-22)32-13-29-20-23(30-26-5)27-12-28-24(20)32/h12-18,21-22H,6-11H2,1-5H3,(H,33,34)(H,27,28,30)/t15?,16-,17?,18-,21-,22+/m1/s1. The number of ether oxygens (including phenoxy) is 2. The zero-order valence-electron chi connectivity index (χ0n) is 21.9. The summed E-state index contributed by atoms with van der Waals surface area (Å²) in [6, 6.07) is 0.972. The summed E-state index contributed by atoms with van der Waals surface area (Å²) >= 11 is 0. The lowest BCUT2D eigenvalue weighted by Crippen LogP contribution is -2.51. The predicted molar refractivity (Wildman–Crippen MR) is 137 cm³/mol. The molecule has 3 aliphatic rings. The maximum absolute atomic E-state index is 11.0. The van der Waals surface area contributed by atoms with Crippen molar-refractivity contribution >= 4 is 30.4 Å². The second-order valence-electron chi connectivity index (χ2n) is 11.3. The topological polar surface area (TPSA) is 115 Å². The van der Waals surface area contributed by atoms with Gasteiger partial charge in [0, 0.05) is 31.0 Å². The van der Waals surface area contributed by atoms with Crippen molar-refractivity contribution in [3.63, 3.8) is 0 Å². The van der Waals surface area contributed by atoms with Gasteiger partial charge >= 0.3 is 5.97 Å². The van der Waals surface area contributed by atoms with E-state index in [9.17, 15) is 4.79 Å². The van der Waals surface area contributed by atoms with Crippen LogP contribution < -0.4 is 5.23 Å². The van der Waals surface area contributed by atoms with Crippen molar-refractivity contribution in [1.82, 2.24) is 24.4 Å². The minimum Gasteiger partial charge on any atom is -0.481 e. The molecular formula is C25H38BN6O4. The highest BCUT2D eigenvalue weighted by Gasteiger charge is 2.55. The first kappa shape index (κ1) is 25.4. The fraction of sp³-hybridized carbons (Fsp3) is 0.760. The predicted octanol–water partition coefficient (Wildman–Crippen LogP) is 3.34. The zero-order valence-corrected chi connectivity index (χ0v) is 21.9. The summed E-state index contributed by atoms with van der Waals surface area (Å²) in [7, 11) is 1.84. The third kappa shape index (κ3) is 4.85. The van der Waals surface area contributed by atoms with Gasteiger partial charge in [-0.25, -0.2) is 15.0 Å². The van der Waals surface area contributed by atoms with E-state index in [0.717, 1.165) is 43.4 Å². The lowest BCUT2D eigenvalue weighted by molar-refractivity contribution is -0.161. The van der Waals surface area contributed by atoms with E-state index in [4.69, 9.17) is 14.6 Å². The fourth-order valence-electron chi connectivity index (χ4n) is 6.43. The number of hydrogen-bond donors (Lipinski definition) is 2. The summed E-state index contributed by atoms with van der Waals surface area (Å²) in [6.45, 7) is 11.3. The van der Waals surface area contributed by atoms with Crippen molar-refractivity contribution in [3.8, 4) is 0 Å². The molecule has 11 heteroatoms.